The third kappa shape index (κ3) is 7.25. The van der Waals surface area contributed by atoms with Crippen LogP contribution in [0.5, 0.6) is 17.2 Å². The van der Waals surface area contributed by atoms with Crippen molar-refractivity contribution in [2.45, 2.75) is 20.4 Å². The first-order chi connectivity index (χ1) is 14.0. The summed E-state index contributed by atoms with van der Waals surface area (Å²) < 4.78 is 16.3. The Hall–Kier alpha value is -3.42. The number of benzene rings is 2. The lowest BCUT2D eigenvalue weighted by molar-refractivity contribution is -0.119. The molecule has 8 nitrogen and oxygen atoms in total. The third-order valence-electron chi connectivity index (χ3n) is 3.77. The minimum absolute atomic E-state index is 0.156. The number of aliphatic imine (C=N–C) groups is 1. The van der Waals surface area contributed by atoms with Crippen LogP contribution in [0.2, 0.25) is 0 Å². The maximum atomic E-state index is 10.9. The number of methoxy groups -OCH3 is 1. The number of carbonyl (C=O) groups is 1. The lowest BCUT2D eigenvalue weighted by Crippen LogP contribution is -2.30. The average Bonchev–Trinajstić information content (AvgIpc) is 2.71. The van der Waals surface area contributed by atoms with Gasteiger partial charge in [0.05, 0.1) is 20.3 Å². The van der Waals surface area contributed by atoms with Gasteiger partial charge in [0.15, 0.2) is 24.1 Å². The van der Waals surface area contributed by atoms with E-state index >= 15 is 0 Å². The third-order valence-corrected chi connectivity index (χ3v) is 3.77. The van der Waals surface area contributed by atoms with Crippen molar-refractivity contribution in [1.29, 1.82) is 0 Å². The van der Waals surface area contributed by atoms with Crippen molar-refractivity contribution in [3.05, 3.63) is 48.0 Å². The Morgan fingerprint density at radius 1 is 1.10 bits per heavy atom. The monoisotopic (exact) mass is 400 g/mol. The first kappa shape index (κ1) is 21.9. The molecule has 2 rings (SSSR count). The van der Waals surface area contributed by atoms with Gasteiger partial charge in [0.1, 0.15) is 5.75 Å². The van der Waals surface area contributed by atoms with Gasteiger partial charge in [-0.25, -0.2) is 4.99 Å². The summed E-state index contributed by atoms with van der Waals surface area (Å²) in [6, 6.07) is 13.0. The Kier molecular flexibility index (Phi) is 8.62. The SMILES string of the molecule is CCNC(=NCc1cccc(OCC(N)=O)c1)Nc1ccc(OC)c(OCC)c1. The predicted molar refractivity (Wildman–Crippen MR) is 114 cm³/mol. The van der Waals surface area contributed by atoms with Gasteiger partial charge in [-0.3, -0.25) is 4.79 Å². The number of ether oxygens (including phenoxy) is 3. The molecular formula is C21H28N4O4. The number of hydrogen-bond acceptors (Lipinski definition) is 5. The highest BCUT2D eigenvalue weighted by Gasteiger charge is 2.07. The van der Waals surface area contributed by atoms with Crippen LogP contribution in [0.1, 0.15) is 19.4 Å². The van der Waals surface area contributed by atoms with E-state index in [1.807, 2.05) is 50.2 Å². The number of amides is 1. The van der Waals surface area contributed by atoms with Crippen LogP contribution in [-0.4, -0.2) is 38.7 Å². The number of nitrogens with two attached hydrogens (primary N) is 1. The zero-order chi connectivity index (χ0) is 21.1. The Morgan fingerprint density at radius 2 is 1.93 bits per heavy atom. The van der Waals surface area contributed by atoms with E-state index in [2.05, 4.69) is 15.6 Å². The van der Waals surface area contributed by atoms with Crippen molar-refractivity contribution < 1.29 is 19.0 Å². The number of carbonyl (C=O) groups excluding carboxylic acids is 1. The van der Waals surface area contributed by atoms with Crippen LogP contribution < -0.4 is 30.6 Å². The van der Waals surface area contributed by atoms with Crippen molar-refractivity contribution >= 4 is 17.6 Å². The summed E-state index contributed by atoms with van der Waals surface area (Å²) in [5, 5.41) is 6.48. The summed E-state index contributed by atoms with van der Waals surface area (Å²) in [6.45, 7) is 5.44. The van der Waals surface area contributed by atoms with Gasteiger partial charge in [-0.2, -0.15) is 0 Å². The van der Waals surface area contributed by atoms with Crippen LogP contribution in [0.3, 0.4) is 0 Å². The van der Waals surface area contributed by atoms with Crippen LogP contribution in [0, 0.1) is 0 Å². The van der Waals surface area contributed by atoms with Gasteiger partial charge < -0.3 is 30.6 Å². The molecule has 29 heavy (non-hydrogen) atoms. The minimum atomic E-state index is -0.516. The Morgan fingerprint density at radius 3 is 2.62 bits per heavy atom. The van der Waals surface area contributed by atoms with Gasteiger partial charge in [-0.05, 0) is 43.7 Å². The first-order valence-corrected chi connectivity index (χ1v) is 9.41. The Bertz CT molecular complexity index is 839. The van der Waals surface area contributed by atoms with Crippen molar-refractivity contribution in [2.75, 3.05) is 32.2 Å². The smallest absolute Gasteiger partial charge is 0.255 e. The largest absolute Gasteiger partial charge is 0.493 e. The predicted octanol–water partition coefficient (Wildman–Crippen LogP) is 2.54. The molecule has 0 saturated carbocycles. The molecule has 0 saturated heterocycles. The highest BCUT2D eigenvalue weighted by atomic mass is 16.5. The standard InChI is InChI=1S/C21H28N4O4/c1-4-23-21(25-16-9-10-18(27-3)19(12-16)28-5-2)24-13-15-7-6-8-17(11-15)29-14-20(22)26/h6-12H,4-5,13-14H2,1-3H3,(H2,22,26)(H2,23,24,25). The summed E-state index contributed by atoms with van der Waals surface area (Å²) in [4.78, 5) is 15.5. The van der Waals surface area contributed by atoms with Crippen molar-refractivity contribution in [3.8, 4) is 17.2 Å². The number of rotatable bonds is 10. The lowest BCUT2D eigenvalue weighted by atomic mass is 10.2. The van der Waals surface area contributed by atoms with Gasteiger partial charge in [0, 0.05) is 18.3 Å². The zero-order valence-electron chi connectivity index (χ0n) is 17.0. The Labute approximate surface area is 171 Å². The quantitative estimate of drug-likeness (QED) is 0.418. The fourth-order valence-electron chi connectivity index (χ4n) is 2.52. The van der Waals surface area contributed by atoms with E-state index in [0.717, 1.165) is 11.3 Å². The van der Waals surface area contributed by atoms with E-state index < -0.39 is 5.91 Å². The highest BCUT2D eigenvalue weighted by molar-refractivity contribution is 5.93. The molecule has 0 aliphatic heterocycles. The molecule has 156 valence electrons. The molecular weight excluding hydrogens is 372 g/mol. The van der Waals surface area contributed by atoms with Crippen LogP contribution in [-0.2, 0) is 11.3 Å². The summed E-state index contributed by atoms with van der Waals surface area (Å²) in [5.74, 6) is 2.02. The van der Waals surface area contributed by atoms with Crippen molar-refractivity contribution in [1.82, 2.24) is 5.32 Å². The number of nitrogens with one attached hydrogen (secondary N) is 2. The molecule has 0 radical (unpaired) electrons. The second-order valence-electron chi connectivity index (χ2n) is 6.02. The van der Waals surface area contributed by atoms with Gasteiger partial charge in [0.25, 0.3) is 5.91 Å². The van der Waals surface area contributed by atoms with E-state index in [1.54, 1.807) is 13.2 Å². The minimum Gasteiger partial charge on any atom is -0.493 e. The fraction of sp³-hybridized carbons (Fsp3) is 0.333. The molecule has 0 atom stereocenters. The number of nitrogens with zero attached hydrogens (tertiary/aromatic N) is 1. The van der Waals surface area contributed by atoms with E-state index in [-0.39, 0.29) is 6.61 Å². The summed E-state index contributed by atoms with van der Waals surface area (Å²) in [7, 11) is 1.61. The van der Waals surface area contributed by atoms with Crippen LogP contribution in [0.4, 0.5) is 5.69 Å². The fourth-order valence-corrected chi connectivity index (χ4v) is 2.52. The van der Waals surface area contributed by atoms with E-state index in [0.29, 0.717) is 42.9 Å². The topological polar surface area (TPSA) is 107 Å². The number of anilines is 1. The molecule has 0 aliphatic rings. The normalized spacial score (nSPS) is 10.9. The summed E-state index contributed by atoms with van der Waals surface area (Å²) >= 11 is 0. The lowest BCUT2D eigenvalue weighted by Gasteiger charge is -2.14. The molecule has 2 aromatic carbocycles. The molecule has 0 unspecified atom stereocenters. The molecule has 0 spiro atoms. The van der Waals surface area contributed by atoms with Crippen molar-refractivity contribution in [3.63, 3.8) is 0 Å². The molecule has 0 aliphatic carbocycles. The molecule has 0 heterocycles. The zero-order valence-corrected chi connectivity index (χ0v) is 17.0. The second kappa shape index (κ2) is 11.4. The summed E-state index contributed by atoms with van der Waals surface area (Å²) in [5.41, 5.74) is 6.88. The van der Waals surface area contributed by atoms with Gasteiger partial charge in [0.2, 0.25) is 0 Å². The van der Waals surface area contributed by atoms with Crippen LogP contribution >= 0.6 is 0 Å². The number of hydrogen-bond donors (Lipinski definition) is 3. The van der Waals surface area contributed by atoms with Gasteiger partial charge in [-0.15, -0.1) is 0 Å². The van der Waals surface area contributed by atoms with Crippen LogP contribution in [0.25, 0.3) is 0 Å². The second-order valence-corrected chi connectivity index (χ2v) is 6.02. The highest BCUT2D eigenvalue weighted by Crippen LogP contribution is 2.30. The maximum Gasteiger partial charge on any atom is 0.255 e. The molecule has 0 aromatic heterocycles. The molecule has 1 amide bonds. The van der Waals surface area contributed by atoms with E-state index in [4.69, 9.17) is 19.9 Å². The maximum absolute atomic E-state index is 10.9. The Balaban J connectivity index is 2.11. The van der Waals surface area contributed by atoms with E-state index in [9.17, 15) is 4.79 Å². The summed E-state index contributed by atoms with van der Waals surface area (Å²) in [6.07, 6.45) is 0. The molecule has 0 bridgehead atoms. The number of guanidine groups is 1. The van der Waals surface area contributed by atoms with Gasteiger partial charge in [-0.1, -0.05) is 12.1 Å². The van der Waals surface area contributed by atoms with Crippen LogP contribution in [0.15, 0.2) is 47.5 Å². The molecule has 2 aromatic rings. The van der Waals surface area contributed by atoms with E-state index in [1.165, 1.54) is 0 Å². The molecule has 4 N–H and O–H groups in total. The first-order valence-electron chi connectivity index (χ1n) is 9.41. The van der Waals surface area contributed by atoms with Crippen molar-refractivity contribution in [2.24, 2.45) is 10.7 Å². The number of primary amides is 1. The molecule has 8 heteroatoms. The molecule has 0 fully saturated rings. The average molecular weight is 400 g/mol. The van der Waals surface area contributed by atoms with Gasteiger partial charge >= 0.3 is 0 Å².